The van der Waals surface area contributed by atoms with Gasteiger partial charge in [0, 0.05) is 0 Å². The molecular weight excluding hydrogens is 132 g/mol. The number of hydrogen-bond acceptors (Lipinski definition) is 0. The minimum absolute atomic E-state index is 0.811. The van der Waals surface area contributed by atoms with Crippen LogP contribution in [0.25, 0.3) is 0 Å². The summed E-state index contributed by atoms with van der Waals surface area (Å²) in [6.45, 7) is 7.25. The highest BCUT2D eigenvalue weighted by atomic mass is 14.6. The molecule has 2 aliphatic carbocycles. The SMILES string of the molecule is CC(C)[C@@H]1CC[C@]2(C)C[C@@H]2C1. The van der Waals surface area contributed by atoms with Crippen LogP contribution in [0.1, 0.15) is 46.5 Å². The molecule has 2 aliphatic rings. The summed E-state index contributed by atoms with van der Waals surface area (Å²) in [5.74, 6) is 3.10. The van der Waals surface area contributed by atoms with Gasteiger partial charge in [-0.25, -0.2) is 0 Å². The van der Waals surface area contributed by atoms with Gasteiger partial charge in [0.25, 0.3) is 0 Å². The van der Waals surface area contributed by atoms with E-state index in [9.17, 15) is 0 Å². The van der Waals surface area contributed by atoms with Crippen molar-refractivity contribution in [3.8, 4) is 0 Å². The third kappa shape index (κ3) is 1.21. The molecule has 0 heterocycles. The maximum atomic E-state index is 2.48. The molecule has 0 aromatic heterocycles. The predicted octanol–water partition coefficient (Wildman–Crippen LogP) is 3.47. The van der Waals surface area contributed by atoms with Gasteiger partial charge in [-0.1, -0.05) is 20.8 Å². The van der Waals surface area contributed by atoms with Gasteiger partial charge in [0.1, 0.15) is 0 Å². The van der Waals surface area contributed by atoms with Crippen molar-refractivity contribution in [2.75, 3.05) is 0 Å². The molecular formula is C11H20. The van der Waals surface area contributed by atoms with Gasteiger partial charge in [0.05, 0.1) is 0 Å². The molecule has 2 rings (SSSR count). The molecule has 2 fully saturated rings. The van der Waals surface area contributed by atoms with Crippen molar-refractivity contribution in [2.24, 2.45) is 23.2 Å². The van der Waals surface area contributed by atoms with Gasteiger partial charge >= 0.3 is 0 Å². The Bertz CT molecular complexity index is 159. The lowest BCUT2D eigenvalue weighted by atomic mass is 9.78. The lowest BCUT2D eigenvalue weighted by Gasteiger charge is -2.28. The van der Waals surface area contributed by atoms with E-state index in [1.165, 1.54) is 25.7 Å². The maximum absolute atomic E-state index is 2.48. The molecule has 64 valence electrons. The molecule has 0 bridgehead atoms. The van der Waals surface area contributed by atoms with Crippen molar-refractivity contribution in [3.05, 3.63) is 0 Å². The second-order valence-electron chi connectivity index (χ2n) is 5.33. The first-order chi connectivity index (χ1) is 5.12. The molecule has 0 amide bonds. The summed E-state index contributed by atoms with van der Waals surface area (Å²) in [5.41, 5.74) is 0.811. The third-order valence-electron chi connectivity index (χ3n) is 4.15. The summed E-state index contributed by atoms with van der Waals surface area (Å²) < 4.78 is 0. The van der Waals surface area contributed by atoms with Gasteiger partial charge in [-0.3, -0.25) is 0 Å². The van der Waals surface area contributed by atoms with Crippen LogP contribution in [0.3, 0.4) is 0 Å². The first-order valence-corrected chi connectivity index (χ1v) is 5.12. The molecule has 0 nitrogen and oxygen atoms in total. The van der Waals surface area contributed by atoms with Crippen molar-refractivity contribution < 1.29 is 0 Å². The molecule has 0 N–H and O–H groups in total. The highest BCUT2D eigenvalue weighted by Crippen LogP contribution is 2.62. The smallest absolute Gasteiger partial charge is 0.0294 e. The monoisotopic (exact) mass is 152 g/mol. The fourth-order valence-corrected chi connectivity index (χ4v) is 2.78. The normalized spacial score (nSPS) is 49.1. The predicted molar refractivity (Wildman–Crippen MR) is 48.4 cm³/mol. The lowest BCUT2D eigenvalue weighted by molar-refractivity contribution is 0.227. The van der Waals surface area contributed by atoms with E-state index in [1.807, 2.05) is 0 Å². The average Bonchev–Trinajstić information content (AvgIpc) is 2.58. The summed E-state index contributed by atoms with van der Waals surface area (Å²) in [6.07, 6.45) is 6.09. The zero-order chi connectivity index (χ0) is 8.06. The summed E-state index contributed by atoms with van der Waals surface area (Å²) >= 11 is 0. The molecule has 0 saturated heterocycles. The van der Waals surface area contributed by atoms with Crippen LogP contribution in [0.5, 0.6) is 0 Å². The fraction of sp³-hybridized carbons (Fsp3) is 1.00. The molecule has 3 atom stereocenters. The number of hydrogen-bond donors (Lipinski definition) is 0. The Hall–Kier alpha value is 0. The molecule has 0 radical (unpaired) electrons. The highest BCUT2D eigenvalue weighted by molar-refractivity contribution is 5.02. The molecule has 0 aromatic rings. The Morgan fingerprint density at radius 1 is 1.36 bits per heavy atom. The zero-order valence-electron chi connectivity index (χ0n) is 8.06. The van der Waals surface area contributed by atoms with Crippen molar-refractivity contribution in [1.82, 2.24) is 0 Å². The van der Waals surface area contributed by atoms with Crippen LogP contribution >= 0.6 is 0 Å². The summed E-state index contributed by atoms with van der Waals surface area (Å²) in [5, 5.41) is 0. The Morgan fingerprint density at radius 3 is 2.64 bits per heavy atom. The highest BCUT2D eigenvalue weighted by Gasteiger charge is 2.52. The average molecular weight is 152 g/mol. The zero-order valence-corrected chi connectivity index (χ0v) is 8.06. The first-order valence-electron chi connectivity index (χ1n) is 5.12. The van der Waals surface area contributed by atoms with Crippen LogP contribution in [0.4, 0.5) is 0 Å². The summed E-state index contributed by atoms with van der Waals surface area (Å²) in [4.78, 5) is 0. The second kappa shape index (κ2) is 2.24. The fourth-order valence-electron chi connectivity index (χ4n) is 2.78. The van der Waals surface area contributed by atoms with E-state index < -0.39 is 0 Å². The molecule has 0 heteroatoms. The van der Waals surface area contributed by atoms with Crippen LogP contribution in [0.15, 0.2) is 0 Å². The number of rotatable bonds is 1. The summed E-state index contributed by atoms with van der Waals surface area (Å²) in [7, 11) is 0. The van der Waals surface area contributed by atoms with Crippen molar-refractivity contribution in [1.29, 1.82) is 0 Å². The Labute approximate surface area is 70.4 Å². The van der Waals surface area contributed by atoms with Crippen LogP contribution in [-0.2, 0) is 0 Å². The van der Waals surface area contributed by atoms with Gasteiger partial charge in [0.15, 0.2) is 0 Å². The Balaban J connectivity index is 1.93. The van der Waals surface area contributed by atoms with Gasteiger partial charge in [0.2, 0.25) is 0 Å². The Morgan fingerprint density at radius 2 is 2.09 bits per heavy atom. The molecule has 0 unspecified atom stereocenters. The third-order valence-corrected chi connectivity index (χ3v) is 4.15. The van der Waals surface area contributed by atoms with E-state index in [1.54, 1.807) is 0 Å². The van der Waals surface area contributed by atoms with Crippen molar-refractivity contribution in [2.45, 2.75) is 46.5 Å². The number of fused-ring (bicyclic) bond motifs is 1. The Kier molecular flexibility index (Phi) is 1.56. The summed E-state index contributed by atoms with van der Waals surface area (Å²) in [6, 6.07) is 0. The van der Waals surface area contributed by atoms with Crippen molar-refractivity contribution in [3.63, 3.8) is 0 Å². The second-order valence-corrected chi connectivity index (χ2v) is 5.33. The minimum Gasteiger partial charge on any atom is -0.0625 e. The van der Waals surface area contributed by atoms with E-state index in [-0.39, 0.29) is 0 Å². The van der Waals surface area contributed by atoms with Crippen LogP contribution < -0.4 is 0 Å². The minimum atomic E-state index is 0.811. The van der Waals surface area contributed by atoms with E-state index in [4.69, 9.17) is 0 Å². The largest absolute Gasteiger partial charge is 0.0625 e. The first kappa shape index (κ1) is 7.64. The maximum Gasteiger partial charge on any atom is -0.0294 e. The molecule has 2 saturated carbocycles. The molecule has 0 aliphatic heterocycles. The van der Waals surface area contributed by atoms with Crippen LogP contribution in [0.2, 0.25) is 0 Å². The standard InChI is InChI=1S/C11H20/c1-8(2)9-4-5-11(3)7-10(11)6-9/h8-10H,4-7H2,1-3H3/t9-,10+,11-/m1/s1. The van der Waals surface area contributed by atoms with Crippen LogP contribution in [0, 0.1) is 23.2 Å². The topological polar surface area (TPSA) is 0 Å². The van der Waals surface area contributed by atoms with E-state index >= 15 is 0 Å². The van der Waals surface area contributed by atoms with Gasteiger partial charge < -0.3 is 0 Å². The quantitative estimate of drug-likeness (QED) is 0.539. The van der Waals surface area contributed by atoms with Crippen molar-refractivity contribution >= 4 is 0 Å². The van der Waals surface area contributed by atoms with Gasteiger partial charge in [-0.05, 0) is 48.9 Å². The van der Waals surface area contributed by atoms with E-state index in [0.717, 1.165) is 23.2 Å². The molecule has 0 aromatic carbocycles. The van der Waals surface area contributed by atoms with E-state index in [2.05, 4.69) is 20.8 Å². The van der Waals surface area contributed by atoms with Gasteiger partial charge in [-0.2, -0.15) is 0 Å². The van der Waals surface area contributed by atoms with E-state index in [0.29, 0.717) is 0 Å². The molecule has 11 heavy (non-hydrogen) atoms. The van der Waals surface area contributed by atoms with Gasteiger partial charge in [-0.15, -0.1) is 0 Å². The van der Waals surface area contributed by atoms with Crippen LogP contribution in [-0.4, -0.2) is 0 Å². The molecule has 0 spiro atoms. The lowest BCUT2D eigenvalue weighted by Crippen LogP contribution is -2.18.